The Balaban J connectivity index is 2.22. The summed E-state index contributed by atoms with van der Waals surface area (Å²) in [5.41, 5.74) is 0. The predicted octanol–water partition coefficient (Wildman–Crippen LogP) is 10.4. The summed E-state index contributed by atoms with van der Waals surface area (Å²) in [7, 11) is 0. The Hall–Kier alpha value is -0.500. The second-order valence-electron chi connectivity index (χ2n) is 15.0. The molecule has 48 heavy (non-hydrogen) atoms. The van der Waals surface area contributed by atoms with Gasteiger partial charge in [0.15, 0.2) is 0 Å². The summed E-state index contributed by atoms with van der Waals surface area (Å²) < 4.78 is 5.96. The lowest BCUT2D eigenvalue weighted by atomic mass is 9.97. The number of hydrogen-bond acceptors (Lipinski definition) is 6. The van der Waals surface area contributed by atoms with Crippen LogP contribution in [0, 0.1) is 0 Å². The van der Waals surface area contributed by atoms with Crippen LogP contribution in [0.4, 0.5) is 0 Å². The quantitative estimate of drug-likeness (QED) is 0.0393. The van der Waals surface area contributed by atoms with Gasteiger partial charge in [-0.15, -0.1) is 0 Å². The molecule has 0 bridgehead atoms. The van der Waals surface area contributed by atoms with Crippen LogP contribution in [0.2, 0.25) is 0 Å². The van der Waals surface area contributed by atoms with E-state index in [0.29, 0.717) is 0 Å². The van der Waals surface area contributed by atoms with E-state index in [-0.39, 0.29) is 6.61 Å². The number of unbranched alkanes of at least 4 members (excludes halogenated alkanes) is 27. The van der Waals surface area contributed by atoms with E-state index in [1.807, 2.05) is 0 Å². The zero-order valence-electron chi connectivity index (χ0n) is 32.0. The number of aliphatic hydroxyl groups is 4. The highest BCUT2D eigenvalue weighted by Gasteiger charge is 2.45. The van der Waals surface area contributed by atoms with Crippen LogP contribution in [0.3, 0.4) is 0 Å². The van der Waals surface area contributed by atoms with Gasteiger partial charge in [0, 0.05) is 13.1 Å². The van der Waals surface area contributed by atoms with Gasteiger partial charge in [0.05, 0.1) is 6.61 Å². The van der Waals surface area contributed by atoms with Gasteiger partial charge in [-0.25, -0.2) is 0 Å². The van der Waals surface area contributed by atoms with Crippen molar-refractivity contribution in [2.75, 3.05) is 19.7 Å². The average molecular weight is 682 g/mol. The molecule has 6 heteroatoms. The molecule has 0 aliphatic carbocycles. The number of ether oxygens (including phenoxy) is 1. The monoisotopic (exact) mass is 682 g/mol. The van der Waals surface area contributed by atoms with Crippen molar-refractivity contribution in [1.29, 1.82) is 0 Å². The number of aliphatic hydroxyl groups excluding tert-OH is 4. The Bertz CT molecular complexity index is 689. The van der Waals surface area contributed by atoms with E-state index in [4.69, 9.17) is 4.74 Å². The van der Waals surface area contributed by atoms with Gasteiger partial charge >= 0.3 is 0 Å². The van der Waals surface area contributed by atoms with E-state index in [1.165, 1.54) is 167 Å². The van der Waals surface area contributed by atoms with Gasteiger partial charge in [-0.05, 0) is 38.5 Å². The van der Waals surface area contributed by atoms with Gasteiger partial charge in [0.25, 0.3) is 0 Å². The Labute approximate surface area is 298 Å². The molecule has 0 spiro atoms. The smallest absolute Gasteiger partial charge is 0.140 e. The highest BCUT2D eigenvalue weighted by molar-refractivity contribution is 4.92. The molecule has 0 aromatic carbocycles. The van der Waals surface area contributed by atoms with Crippen LogP contribution >= 0.6 is 0 Å². The lowest BCUT2D eigenvalue weighted by molar-refractivity contribution is -0.265. The van der Waals surface area contributed by atoms with Gasteiger partial charge in [-0.3, -0.25) is 4.90 Å². The standard InChI is InChI=1S/C42H83NO5/c1-3-5-7-9-11-13-15-17-19-21-23-25-27-29-31-33-35-43(42-41(47)40(46)39(45)38(37-44)48-42)36-34-32-30-28-26-24-22-20-18-16-14-12-10-8-6-4-2/h17,19,38-42,44-47H,3-16,18,20-37H2,1-2H3/b19-17-/t38-,39-,40+,41-,42-/m1/s1. The van der Waals surface area contributed by atoms with Crippen molar-refractivity contribution in [3.05, 3.63) is 12.2 Å². The summed E-state index contributed by atoms with van der Waals surface area (Å²) in [6.45, 7) is 5.77. The van der Waals surface area contributed by atoms with E-state index in [1.54, 1.807) is 0 Å². The molecule has 6 nitrogen and oxygen atoms in total. The molecule has 1 aliphatic rings. The average Bonchev–Trinajstić information content (AvgIpc) is 3.09. The molecular formula is C42H83NO5. The van der Waals surface area contributed by atoms with Crippen molar-refractivity contribution in [3.63, 3.8) is 0 Å². The largest absolute Gasteiger partial charge is 0.394 e. The third-order valence-corrected chi connectivity index (χ3v) is 10.5. The van der Waals surface area contributed by atoms with Gasteiger partial charge in [-0.2, -0.15) is 0 Å². The first-order valence-corrected chi connectivity index (χ1v) is 21.3. The van der Waals surface area contributed by atoms with E-state index in [2.05, 4.69) is 30.9 Å². The topological polar surface area (TPSA) is 93.4 Å². The number of rotatable bonds is 35. The maximum Gasteiger partial charge on any atom is 0.140 e. The fourth-order valence-corrected chi connectivity index (χ4v) is 7.18. The summed E-state index contributed by atoms with van der Waals surface area (Å²) in [5, 5.41) is 41.2. The van der Waals surface area contributed by atoms with Crippen molar-refractivity contribution in [2.24, 2.45) is 0 Å². The van der Waals surface area contributed by atoms with Crippen LogP contribution in [0.1, 0.15) is 206 Å². The zero-order chi connectivity index (χ0) is 34.9. The SMILES string of the molecule is CCCCCCCC/C=C\CCCCCCCCN(CCCCCCCCCCCCCCCCCC)[C@@H]1O[C@H](CO)[C@@H](O)[C@H](O)[C@H]1O. The number of nitrogens with zero attached hydrogens (tertiary/aromatic N) is 1. The van der Waals surface area contributed by atoms with Crippen molar-refractivity contribution >= 4 is 0 Å². The zero-order valence-corrected chi connectivity index (χ0v) is 32.0. The molecule has 0 unspecified atom stereocenters. The molecule has 286 valence electrons. The Morgan fingerprint density at radius 3 is 1.12 bits per heavy atom. The Morgan fingerprint density at radius 2 is 0.771 bits per heavy atom. The summed E-state index contributed by atoms with van der Waals surface area (Å²) in [4.78, 5) is 2.15. The molecule has 0 aromatic heterocycles. The molecular weight excluding hydrogens is 598 g/mol. The first kappa shape index (κ1) is 45.5. The van der Waals surface area contributed by atoms with Crippen molar-refractivity contribution < 1.29 is 25.2 Å². The van der Waals surface area contributed by atoms with Crippen LogP contribution in [0.15, 0.2) is 12.2 Å². The minimum Gasteiger partial charge on any atom is -0.394 e. The minimum absolute atomic E-state index is 0.372. The second-order valence-corrected chi connectivity index (χ2v) is 15.0. The molecule has 1 saturated heterocycles. The summed E-state index contributed by atoms with van der Waals surface area (Å²) >= 11 is 0. The van der Waals surface area contributed by atoms with Gasteiger partial charge in [-0.1, -0.05) is 180 Å². The normalized spacial score (nSPS) is 21.6. The van der Waals surface area contributed by atoms with Crippen LogP contribution in [-0.4, -0.2) is 75.7 Å². The van der Waals surface area contributed by atoms with Crippen molar-refractivity contribution in [3.8, 4) is 0 Å². The molecule has 1 rings (SSSR count). The second kappa shape index (κ2) is 33.6. The molecule has 5 atom stereocenters. The fourth-order valence-electron chi connectivity index (χ4n) is 7.18. The fraction of sp³-hybridized carbons (Fsp3) is 0.952. The number of hydrogen-bond donors (Lipinski definition) is 4. The predicted molar refractivity (Wildman–Crippen MR) is 204 cm³/mol. The molecule has 1 aliphatic heterocycles. The lowest BCUT2D eigenvalue weighted by Crippen LogP contribution is -2.63. The molecule has 1 heterocycles. The molecule has 0 amide bonds. The van der Waals surface area contributed by atoms with Crippen LogP contribution in [-0.2, 0) is 4.74 Å². The molecule has 0 saturated carbocycles. The summed E-state index contributed by atoms with van der Waals surface area (Å²) in [5.74, 6) is 0. The molecule has 1 fully saturated rings. The Morgan fingerprint density at radius 1 is 0.438 bits per heavy atom. The van der Waals surface area contributed by atoms with E-state index in [0.717, 1.165) is 38.8 Å². The van der Waals surface area contributed by atoms with Gasteiger partial charge in [0.1, 0.15) is 30.6 Å². The summed E-state index contributed by atoms with van der Waals surface area (Å²) in [6.07, 6.45) is 38.6. The highest BCUT2D eigenvalue weighted by Crippen LogP contribution is 2.25. The van der Waals surface area contributed by atoms with Crippen LogP contribution in [0.5, 0.6) is 0 Å². The minimum atomic E-state index is -1.31. The summed E-state index contributed by atoms with van der Waals surface area (Å²) in [6, 6.07) is 0. The van der Waals surface area contributed by atoms with Crippen molar-refractivity contribution in [1.82, 2.24) is 4.90 Å². The molecule has 0 aromatic rings. The first-order chi connectivity index (χ1) is 23.6. The van der Waals surface area contributed by atoms with E-state index in [9.17, 15) is 20.4 Å². The van der Waals surface area contributed by atoms with Gasteiger partial charge in [0.2, 0.25) is 0 Å². The lowest BCUT2D eigenvalue weighted by Gasteiger charge is -2.44. The third kappa shape index (κ3) is 23.8. The van der Waals surface area contributed by atoms with Crippen LogP contribution < -0.4 is 0 Å². The highest BCUT2D eigenvalue weighted by atomic mass is 16.6. The van der Waals surface area contributed by atoms with E-state index >= 15 is 0 Å². The maximum absolute atomic E-state index is 10.8. The Kier molecular flexibility index (Phi) is 31.9. The third-order valence-electron chi connectivity index (χ3n) is 10.5. The van der Waals surface area contributed by atoms with Crippen molar-refractivity contribution in [2.45, 2.75) is 237 Å². The molecule has 0 radical (unpaired) electrons. The first-order valence-electron chi connectivity index (χ1n) is 21.3. The van der Waals surface area contributed by atoms with E-state index < -0.39 is 30.6 Å². The number of allylic oxidation sites excluding steroid dienone is 2. The molecule has 4 N–H and O–H groups in total. The maximum atomic E-state index is 10.8. The van der Waals surface area contributed by atoms with Crippen LogP contribution in [0.25, 0.3) is 0 Å². The van der Waals surface area contributed by atoms with Gasteiger partial charge < -0.3 is 25.2 Å².